The normalized spacial score (nSPS) is 20.1. The quantitative estimate of drug-likeness (QED) is 0.834. The Labute approximate surface area is 103 Å². The second-order valence-electron chi connectivity index (χ2n) is 5.23. The third-order valence-electron chi connectivity index (χ3n) is 3.25. The number of aliphatic hydroxyl groups is 1. The highest BCUT2D eigenvalue weighted by Crippen LogP contribution is 2.26. The first-order valence-corrected chi connectivity index (χ1v) is 6.18. The lowest BCUT2D eigenvalue weighted by Crippen LogP contribution is -2.45. The third kappa shape index (κ3) is 3.06. The van der Waals surface area contributed by atoms with Gasteiger partial charge in [-0.15, -0.1) is 0 Å². The van der Waals surface area contributed by atoms with Gasteiger partial charge in [-0.2, -0.15) is 0 Å². The second kappa shape index (κ2) is 5.17. The molecule has 1 unspecified atom stereocenters. The van der Waals surface area contributed by atoms with Gasteiger partial charge in [-0.25, -0.2) is 0 Å². The van der Waals surface area contributed by atoms with Gasteiger partial charge in [-0.1, -0.05) is 24.3 Å². The van der Waals surface area contributed by atoms with Gasteiger partial charge in [-0.3, -0.25) is 0 Å². The van der Waals surface area contributed by atoms with Gasteiger partial charge in [0.1, 0.15) is 0 Å². The van der Waals surface area contributed by atoms with Crippen molar-refractivity contribution in [1.29, 1.82) is 0 Å². The Kier molecular flexibility index (Phi) is 3.82. The van der Waals surface area contributed by atoms with Crippen molar-refractivity contribution in [2.45, 2.75) is 31.9 Å². The van der Waals surface area contributed by atoms with Crippen molar-refractivity contribution in [2.24, 2.45) is 0 Å². The average Bonchev–Trinajstić information content (AvgIpc) is 2.36. The molecule has 0 fully saturated rings. The summed E-state index contributed by atoms with van der Waals surface area (Å²) in [6.07, 6.45) is 1.10. The van der Waals surface area contributed by atoms with Crippen LogP contribution in [0, 0.1) is 0 Å². The lowest BCUT2D eigenvalue weighted by atomic mass is 9.97. The van der Waals surface area contributed by atoms with Crippen molar-refractivity contribution >= 4 is 0 Å². The number of benzene rings is 1. The van der Waals surface area contributed by atoms with E-state index in [2.05, 4.69) is 29.6 Å². The van der Waals surface area contributed by atoms with E-state index in [1.54, 1.807) is 0 Å². The molecule has 3 heteroatoms. The van der Waals surface area contributed by atoms with Crippen LogP contribution in [-0.2, 0) is 11.2 Å². The van der Waals surface area contributed by atoms with Crippen LogP contribution in [0.4, 0.5) is 0 Å². The van der Waals surface area contributed by atoms with E-state index >= 15 is 0 Å². The number of nitrogens with one attached hydrogen (secondary N) is 1. The maximum absolute atomic E-state index is 9.22. The van der Waals surface area contributed by atoms with Crippen LogP contribution in [-0.4, -0.2) is 30.4 Å². The molecule has 0 bridgehead atoms. The Balaban J connectivity index is 2.04. The number of aliphatic hydroxyl groups excluding tert-OH is 1. The summed E-state index contributed by atoms with van der Waals surface area (Å²) in [5, 5.41) is 12.6. The fourth-order valence-electron chi connectivity index (χ4n) is 2.07. The minimum absolute atomic E-state index is 0.103. The monoisotopic (exact) mass is 235 g/mol. The van der Waals surface area contributed by atoms with Crippen LogP contribution < -0.4 is 5.32 Å². The molecule has 0 saturated heterocycles. The summed E-state index contributed by atoms with van der Waals surface area (Å²) in [6.45, 7) is 5.62. The largest absolute Gasteiger partial charge is 0.394 e. The second-order valence-corrected chi connectivity index (χ2v) is 5.23. The van der Waals surface area contributed by atoms with Crippen LogP contribution in [0.25, 0.3) is 0 Å². The first kappa shape index (κ1) is 12.6. The van der Waals surface area contributed by atoms with Gasteiger partial charge >= 0.3 is 0 Å². The Bertz CT molecular complexity index is 376. The van der Waals surface area contributed by atoms with Gasteiger partial charge < -0.3 is 15.2 Å². The molecule has 3 nitrogen and oxygen atoms in total. The molecule has 1 aromatic carbocycles. The molecule has 1 aliphatic rings. The lowest BCUT2D eigenvalue weighted by Gasteiger charge is -2.30. The SMILES string of the molecule is CC(C)(CO)NCC1OCCc2ccccc21. The van der Waals surface area contributed by atoms with E-state index in [1.807, 2.05) is 13.8 Å². The highest BCUT2D eigenvalue weighted by molar-refractivity contribution is 5.31. The molecule has 2 rings (SSSR count). The first-order chi connectivity index (χ1) is 8.12. The smallest absolute Gasteiger partial charge is 0.0952 e. The molecule has 0 aromatic heterocycles. The predicted molar refractivity (Wildman–Crippen MR) is 68.0 cm³/mol. The molecule has 0 spiro atoms. The highest BCUT2D eigenvalue weighted by atomic mass is 16.5. The average molecular weight is 235 g/mol. The standard InChI is InChI=1S/C14H21NO2/c1-14(2,10-16)15-9-13-12-6-4-3-5-11(12)7-8-17-13/h3-6,13,15-16H,7-10H2,1-2H3. The summed E-state index contributed by atoms with van der Waals surface area (Å²) in [4.78, 5) is 0. The third-order valence-corrected chi connectivity index (χ3v) is 3.25. The number of ether oxygens (including phenoxy) is 1. The zero-order valence-electron chi connectivity index (χ0n) is 10.6. The molecular formula is C14H21NO2. The molecule has 1 atom stereocenters. The van der Waals surface area contributed by atoms with Gasteiger partial charge in [-0.05, 0) is 31.4 Å². The molecule has 1 aliphatic heterocycles. The Morgan fingerprint density at radius 1 is 1.41 bits per heavy atom. The van der Waals surface area contributed by atoms with E-state index in [0.29, 0.717) is 0 Å². The Morgan fingerprint density at radius 3 is 2.94 bits per heavy atom. The minimum Gasteiger partial charge on any atom is -0.394 e. The number of hydrogen-bond acceptors (Lipinski definition) is 3. The number of fused-ring (bicyclic) bond motifs is 1. The van der Waals surface area contributed by atoms with Crippen molar-refractivity contribution in [3.63, 3.8) is 0 Å². The van der Waals surface area contributed by atoms with E-state index in [0.717, 1.165) is 19.6 Å². The molecule has 17 heavy (non-hydrogen) atoms. The maximum Gasteiger partial charge on any atom is 0.0952 e. The van der Waals surface area contributed by atoms with Crippen LogP contribution in [0.1, 0.15) is 31.1 Å². The fraction of sp³-hybridized carbons (Fsp3) is 0.571. The zero-order valence-corrected chi connectivity index (χ0v) is 10.6. The molecule has 94 valence electrons. The molecule has 2 N–H and O–H groups in total. The van der Waals surface area contributed by atoms with Crippen LogP contribution in [0.2, 0.25) is 0 Å². The van der Waals surface area contributed by atoms with Crippen LogP contribution in [0.3, 0.4) is 0 Å². The molecule has 0 amide bonds. The van der Waals surface area contributed by atoms with Gasteiger partial charge in [0.2, 0.25) is 0 Å². The van der Waals surface area contributed by atoms with Crippen LogP contribution >= 0.6 is 0 Å². The summed E-state index contributed by atoms with van der Waals surface area (Å²) in [5.74, 6) is 0. The minimum atomic E-state index is -0.254. The lowest BCUT2D eigenvalue weighted by molar-refractivity contribution is 0.0345. The summed E-state index contributed by atoms with van der Waals surface area (Å²) in [6, 6.07) is 8.43. The van der Waals surface area contributed by atoms with Crippen LogP contribution in [0.15, 0.2) is 24.3 Å². The van der Waals surface area contributed by atoms with E-state index in [9.17, 15) is 5.11 Å². The topological polar surface area (TPSA) is 41.5 Å². The van der Waals surface area contributed by atoms with Gasteiger partial charge in [0.25, 0.3) is 0 Å². The van der Waals surface area contributed by atoms with Gasteiger partial charge in [0.05, 0.1) is 19.3 Å². The zero-order chi connectivity index (χ0) is 12.3. The van der Waals surface area contributed by atoms with Crippen molar-refractivity contribution in [3.05, 3.63) is 35.4 Å². The molecule has 0 radical (unpaired) electrons. The Hall–Kier alpha value is -0.900. The number of hydrogen-bond donors (Lipinski definition) is 2. The van der Waals surface area contributed by atoms with E-state index in [-0.39, 0.29) is 18.2 Å². The van der Waals surface area contributed by atoms with E-state index in [4.69, 9.17) is 4.74 Å². The van der Waals surface area contributed by atoms with Crippen LogP contribution in [0.5, 0.6) is 0 Å². The molecular weight excluding hydrogens is 214 g/mol. The van der Waals surface area contributed by atoms with Crippen molar-refractivity contribution in [1.82, 2.24) is 5.32 Å². The first-order valence-electron chi connectivity index (χ1n) is 6.18. The van der Waals surface area contributed by atoms with Gasteiger partial charge in [0, 0.05) is 12.1 Å². The van der Waals surface area contributed by atoms with Crippen molar-refractivity contribution in [2.75, 3.05) is 19.8 Å². The highest BCUT2D eigenvalue weighted by Gasteiger charge is 2.23. The van der Waals surface area contributed by atoms with Crippen molar-refractivity contribution < 1.29 is 9.84 Å². The fourth-order valence-corrected chi connectivity index (χ4v) is 2.07. The summed E-state index contributed by atoms with van der Waals surface area (Å²) >= 11 is 0. The van der Waals surface area contributed by atoms with E-state index < -0.39 is 0 Å². The maximum atomic E-state index is 9.22. The molecule has 0 aliphatic carbocycles. The van der Waals surface area contributed by atoms with Crippen molar-refractivity contribution in [3.8, 4) is 0 Å². The summed E-state index contributed by atoms with van der Waals surface area (Å²) in [7, 11) is 0. The Morgan fingerprint density at radius 2 is 2.18 bits per heavy atom. The molecule has 1 aromatic rings. The number of rotatable bonds is 4. The predicted octanol–water partition coefficient (Wildman–Crippen LogP) is 1.66. The molecule has 0 saturated carbocycles. The molecule has 1 heterocycles. The summed E-state index contributed by atoms with van der Waals surface area (Å²) < 4.78 is 5.80. The summed E-state index contributed by atoms with van der Waals surface area (Å²) in [5.41, 5.74) is 2.41. The van der Waals surface area contributed by atoms with Gasteiger partial charge in [0.15, 0.2) is 0 Å². The van der Waals surface area contributed by atoms with E-state index in [1.165, 1.54) is 11.1 Å².